The molecule has 0 aliphatic carbocycles. The van der Waals surface area contributed by atoms with Crippen LogP contribution < -0.4 is 15.4 Å². The number of nitrogens with zero attached hydrogens (tertiary/aromatic N) is 4. The lowest BCUT2D eigenvalue weighted by molar-refractivity contribution is 0.586. The van der Waals surface area contributed by atoms with Crippen molar-refractivity contribution < 1.29 is 8.42 Å². The van der Waals surface area contributed by atoms with E-state index in [2.05, 4.69) is 37.5 Å². The van der Waals surface area contributed by atoms with E-state index >= 15 is 0 Å². The number of halogens is 1. The molecule has 0 fully saturated rings. The summed E-state index contributed by atoms with van der Waals surface area (Å²) in [4.78, 5) is 4.49. The minimum Gasteiger partial charge on any atom is -0.355 e. The fraction of sp³-hybridized carbons (Fsp3) is 0.786. The van der Waals surface area contributed by atoms with Crippen molar-refractivity contribution in [1.82, 2.24) is 30.1 Å². The number of aryl methyl sites for hydroxylation is 1. The Morgan fingerprint density at radius 2 is 1.96 bits per heavy atom. The number of unbranched alkanes of at least 4 members (excludes halogenated alkanes) is 1. The first-order valence-electron chi connectivity index (χ1n) is 8.29. The zero-order valence-electron chi connectivity index (χ0n) is 15.2. The Balaban J connectivity index is 0.00000576. The van der Waals surface area contributed by atoms with Gasteiger partial charge in [0.2, 0.25) is 10.0 Å². The molecule has 0 aliphatic rings. The number of hydrogen-bond acceptors (Lipinski definition) is 5. The molecule has 0 saturated heterocycles. The molecular formula is C14H30IN7O2S. The molecule has 0 aromatic carbocycles. The molecule has 0 bridgehead atoms. The Bertz CT molecular complexity index is 604. The van der Waals surface area contributed by atoms with Gasteiger partial charge in [0.25, 0.3) is 0 Å². The maximum atomic E-state index is 11.1. The van der Waals surface area contributed by atoms with E-state index in [0.29, 0.717) is 25.6 Å². The maximum absolute atomic E-state index is 11.1. The van der Waals surface area contributed by atoms with E-state index in [1.54, 1.807) is 6.33 Å². The van der Waals surface area contributed by atoms with E-state index in [1.807, 2.05) is 11.5 Å². The molecular weight excluding hydrogens is 457 g/mol. The number of hydrogen-bond donors (Lipinski definition) is 3. The third-order valence-electron chi connectivity index (χ3n) is 3.22. The number of aromatic nitrogens is 3. The second kappa shape index (κ2) is 13.3. The number of sulfonamides is 1. The summed E-state index contributed by atoms with van der Waals surface area (Å²) >= 11 is 0. The van der Waals surface area contributed by atoms with Crippen LogP contribution in [0.3, 0.4) is 0 Å². The van der Waals surface area contributed by atoms with Crippen LogP contribution in [0, 0.1) is 0 Å². The van der Waals surface area contributed by atoms with Crippen LogP contribution >= 0.6 is 24.0 Å². The first-order valence-corrected chi connectivity index (χ1v) is 10.2. The number of rotatable bonds is 11. The van der Waals surface area contributed by atoms with E-state index in [-0.39, 0.29) is 24.0 Å². The van der Waals surface area contributed by atoms with Crippen molar-refractivity contribution >= 4 is 40.0 Å². The molecule has 1 aromatic heterocycles. The predicted octanol–water partition coefficient (Wildman–Crippen LogP) is 0.343. The molecule has 9 nitrogen and oxygen atoms in total. The molecule has 0 spiro atoms. The number of nitrogens with one attached hydrogen (secondary N) is 3. The largest absolute Gasteiger partial charge is 0.355 e. The quantitative estimate of drug-likeness (QED) is 0.180. The van der Waals surface area contributed by atoms with Gasteiger partial charge in [-0.1, -0.05) is 20.3 Å². The Hall–Kier alpha value is -0.950. The zero-order valence-corrected chi connectivity index (χ0v) is 18.3. The van der Waals surface area contributed by atoms with E-state index in [4.69, 9.17) is 0 Å². The fourth-order valence-electron chi connectivity index (χ4n) is 1.97. The van der Waals surface area contributed by atoms with Crippen molar-refractivity contribution in [2.45, 2.75) is 39.7 Å². The highest BCUT2D eigenvalue weighted by Crippen LogP contribution is 1.94. The van der Waals surface area contributed by atoms with Crippen molar-refractivity contribution in [3.8, 4) is 0 Å². The smallest absolute Gasteiger partial charge is 0.208 e. The summed E-state index contributed by atoms with van der Waals surface area (Å²) in [5, 5.41) is 14.3. The molecule has 11 heteroatoms. The zero-order chi connectivity index (χ0) is 17.8. The first kappa shape index (κ1) is 24.1. The average Bonchev–Trinajstić information content (AvgIpc) is 2.97. The minimum atomic E-state index is -3.16. The van der Waals surface area contributed by atoms with Crippen LogP contribution in [-0.4, -0.2) is 61.6 Å². The summed E-state index contributed by atoms with van der Waals surface area (Å²) in [6, 6.07) is 0. The number of guanidine groups is 1. The second-order valence-corrected chi connectivity index (χ2v) is 7.23. The molecule has 1 rings (SSSR count). The van der Waals surface area contributed by atoms with Gasteiger partial charge in [-0.15, -0.1) is 34.2 Å². The van der Waals surface area contributed by atoms with Crippen molar-refractivity contribution in [2.75, 3.05) is 32.4 Å². The monoisotopic (exact) mass is 487 g/mol. The van der Waals surface area contributed by atoms with Crippen molar-refractivity contribution in [1.29, 1.82) is 0 Å². The number of aliphatic imine (C=N–C) groups is 1. The van der Waals surface area contributed by atoms with E-state index in [1.165, 1.54) is 0 Å². The summed E-state index contributed by atoms with van der Waals surface area (Å²) < 4.78 is 26.5. The van der Waals surface area contributed by atoms with Crippen LogP contribution in [0.25, 0.3) is 0 Å². The SMILES string of the molecule is CCCCN=C(NCCNS(C)(=O)=O)NCCn1cnnc1CC.I. The van der Waals surface area contributed by atoms with Gasteiger partial charge >= 0.3 is 0 Å². The standard InChI is InChI=1S/C14H29N7O2S.HI/c1-4-6-7-15-14(16-8-9-19-24(3,22)23)17-10-11-21-12-18-20-13(21)5-2;/h12,19H,4-11H2,1-3H3,(H2,15,16,17);1H. The van der Waals surface area contributed by atoms with Crippen molar-refractivity contribution in [3.05, 3.63) is 12.2 Å². The molecule has 1 heterocycles. The van der Waals surface area contributed by atoms with Gasteiger partial charge in [0.05, 0.1) is 6.26 Å². The summed E-state index contributed by atoms with van der Waals surface area (Å²) in [5.41, 5.74) is 0. The third-order valence-corrected chi connectivity index (χ3v) is 3.95. The van der Waals surface area contributed by atoms with Gasteiger partial charge in [0, 0.05) is 39.1 Å². The van der Waals surface area contributed by atoms with Crippen LogP contribution in [0.2, 0.25) is 0 Å². The molecule has 0 unspecified atom stereocenters. The first-order chi connectivity index (χ1) is 11.5. The molecule has 0 atom stereocenters. The fourth-order valence-corrected chi connectivity index (χ4v) is 2.45. The van der Waals surface area contributed by atoms with Crippen LogP contribution in [0.15, 0.2) is 11.3 Å². The van der Waals surface area contributed by atoms with Crippen LogP contribution in [0.5, 0.6) is 0 Å². The van der Waals surface area contributed by atoms with E-state index in [9.17, 15) is 8.42 Å². The third kappa shape index (κ3) is 11.3. The van der Waals surface area contributed by atoms with Crippen LogP contribution in [0.1, 0.15) is 32.5 Å². The highest BCUT2D eigenvalue weighted by Gasteiger charge is 2.03. The summed E-state index contributed by atoms with van der Waals surface area (Å²) in [6.45, 7) is 7.11. The highest BCUT2D eigenvalue weighted by atomic mass is 127. The lowest BCUT2D eigenvalue weighted by Gasteiger charge is -2.13. The molecule has 146 valence electrons. The average molecular weight is 487 g/mol. The van der Waals surface area contributed by atoms with Gasteiger partial charge in [-0.25, -0.2) is 13.1 Å². The molecule has 0 saturated carbocycles. The second-order valence-electron chi connectivity index (χ2n) is 5.40. The van der Waals surface area contributed by atoms with E-state index < -0.39 is 10.0 Å². The molecule has 3 N–H and O–H groups in total. The minimum absolute atomic E-state index is 0. The molecule has 25 heavy (non-hydrogen) atoms. The van der Waals surface area contributed by atoms with E-state index in [0.717, 1.165) is 44.4 Å². The van der Waals surface area contributed by atoms with Gasteiger partial charge in [0.1, 0.15) is 12.2 Å². The molecule has 0 amide bonds. The van der Waals surface area contributed by atoms with Gasteiger partial charge < -0.3 is 15.2 Å². The van der Waals surface area contributed by atoms with Gasteiger partial charge in [0.15, 0.2) is 5.96 Å². The highest BCUT2D eigenvalue weighted by molar-refractivity contribution is 14.0. The Morgan fingerprint density at radius 3 is 2.60 bits per heavy atom. The lowest BCUT2D eigenvalue weighted by atomic mass is 10.3. The van der Waals surface area contributed by atoms with Crippen LogP contribution in [0.4, 0.5) is 0 Å². The summed E-state index contributed by atoms with van der Waals surface area (Å²) in [5.74, 6) is 1.64. The molecule has 1 aromatic rings. The predicted molar refractivity (Wildman–Crippen MR) is 111 cm³/mol. The Labute approximate surface area is 167 Å². The van der Waals surface area contributed by atoms with Gasteiger partial charge in [-0.05, 0) is 6.42 Å². The van der Waals surface area contributed by atoms with Crippen molar-refractivity contribution in [2.24, 2.45) is 4.99 Å². The summed E-state index contributed by atoms with van der Waals surface area (Å²) in [6.07, 6.45) is 5.80. The van der Waals surface area contributed by atoms with Crippen LogP contribution in [-0.2, 0) is 23.0 Å². The van der Waals surface area contributed by atoms with Gasteiger partial charge in [-0.3, -0.25) is 4.99 Å². The molecule has 0 aliphatic heterocycles. The Kier molecular flexibility index (Phi) is 12.8. The normalized spacial score (nSPS) is 11.9. The van der Waals surface area contributed by atoms with Crippen molar-refractivity contribution in [3.63, 3.8) is 0 Å². The molecule has 0 radical (unpaired) electrons. The topological polar surface area (TPSA) is 113 Å². The summed E-state index contributed by atoms with van der Waals surface area (Å²) in [7, 11) is -3.16. The maximum Gasteiger partial charge on any atom is 0.208 e. The lowest BCUT2D eigenvalue weighted by Crippen LogP contribution is -2.42. The van der Waals surface area contributed by atoms with Gasteiger partial charge in [-0.2, -0.15) is 0 Å². The Morgan fingerprint density at radius 1 is 1.24 bits per heavy atom.